The van der Waals surface area contributed by atoms with Gasteiger partial charge >= 0.3 is 5.97 Å². The molecule has 0 saturated heterocycles. The number of benzene rings is 2. The molecule has 0 aliphatic carbocycles. The molecular formula is C16H13FN2O2. The minimum Gasteiger partial charge on any atom is -0.478 e. The summed E-state index contributed by atoms with van der Waals surface area (Å²) in [5.74, 6) is -2.03. The Kier molecular flexibility index (Phi) is 4.19. The SMILES string of the molecule is CN(Cc1ccc(C(=O)O)c(F)c1)c1cccc(C#N)c1. The Hall–Kier alpha value is -2.87. The summed E-state index contributed by atoms with van der Waals surface area (Å²) in [6.45, 7) is 0.408. The number of hydrogen-bond acceptors (Lipinski definition) is 3. The largest absolute Gasteiger partial charge is 0.478 e. The minimum atomic E-state index is -1.28. The summed E-state index contributed by atoms with van der Waals surface area (Å²) in [5.41, 5.74) is 1.69. The lowest BCUT2D eigenvalue weighted by Crippen LogP contribution is -2.16. The highest BCUT2D eigenvalue weighted by atomic mass is 19.1. The van der Waals surface area contributed by atoms with E-state index in [1.54, 1.807) is 24.3 Å². The van der Waals surface area contributed by atoms with Gasteiger partial charge in [-0.05, 0) is 35.9 Å². The van der Waals surface area contributed by atoms with Crippen molar-refractivity contribution in [1.29, 1.82) is 5.26 Å². The number of anilines is 1. The van der Waals surface area contributed by atoms with Crippen LogP contribution in [0.1, 0.15) is 21.5 Å². The molecule has 4 nitrogen and oxygen atoms in total. The quantitative estimate of drug-likeness (QED) is 0.937. The highest BCUT2D eigenvalue weighted by molar-refractivity contribution is 5.87. The highest BCUT2D eigenvalue weighted by Gasteiger charge is 2.11. The summed E-state index contributed by atoms with van der Waals surface area (Å²) in [7, 11) is 1.82. The lowest BCUT2D eigenvalue weighted by Gasteiger charge is -2.19. The van der Waals surface area contributed by atoms with Gasteiger partial charge in [0.25, 0.3) is 0 Å². The molecule has 2 aromatic carbocycles. The Morgan fingerprint density at radius 2 is 2.10 bits per heavy atom. The van der Waals surface area contributed by atoms with Crippen LogP contribution in [-0.4, -0.2) is 18.1 Å². The molecule has 0 spiro atoms. The number of nitriles is 1. The van der Waals surface area contributed by atoms with E-state index in [0.29, 0.717) is 17.7 Å². The van der Waals surface area contributed by atoms with Crippen molar-refractivity contribution in [2.45, 2.75) is 6.54 Å². The molecule has 0 heterocycles. The molecule has 2 aromatic rings. The van der Waals surface area contributed by atoms with Crippen LogP contribution in [0.15, 0.2) is 42.5 Å². The molecule has 0 bridgehead atoms. The first-order valence-corrected chi connectivity index (χ1v) is 6.24. The van der Waals surface area contributed by atoms with E-state index < -0.39 is 11.8 Å². The molecule has 0 saturated carbocycles. The molecule has 0 aliphatic rings. The number of rotatable bonds is 4. The minimum absolute atomic E-state index is 0.340. The molecule has 0 amide bonds. The number of carboxylic acid groups (broad SMARTS) is 1. The van der Waals surface area contributed by atoms with Crippen LogP contribution >= 0.6 is 0 Å². The molecule has 1 N–H and O–H groups in total. The Bertz CT molecular complexity index is 722. The van der Waals surface area contributed by atoms with Gasteiger partial charge in [-0.3, -0.25) is 0 Å². The first kappa shape index (κ1) is 14.5. The predicted molar refractivity (Wildman–Crippen MR) is 76.6 cm³/mol. The van der Waals surface area contributed by atoms with Crippen molar-refractivity contribution in [1.82, 2.24) is 0 Å². The molecule has 0 aliphatic heterocycles. The fourth-order valence-electron chi connectivity index (χ4n) is 2.01. The lowest BCUT2D eigenvalue weighted by atomic mass is 10.1. The summed E-state index contributed by atoms with van der Waals surface area (Å²) in [6, 6.07) is 13.2. The fraction of sp³-hybridized carbons (Fsp3) is 0.125. The van der Waals surface area contributed by atoms with Gasteiger partial charge in [0.1, 0.15) is 5.82 Å². The Morgan fingerprint density at radius 1 is 1.33 bits per heavy atom. The topological polar surface area (TPSA) is 64.3 Å². The normalized spacial score (nSPS) is 9.95. The van der Waals surface area contributed by atoms with Crippen LogP contribution in [0, 0.1) is 17.1 Å². The van der Waals surface area contributed by atoms with E-state index in [1.165, 1.54) is 12.1 Å². The van der Waals surface area contributed by atoms with Crippen LogP contribution in [0.5, 0.6) is 0 Å². The van der Waals surface area contributed by atoms with Crippen LogP contribution in [0.25, 0.3) is 0 Å². The van der Waals surface area contributed by atoms with E-state index >= 15 is 0 Å². The van der Waals surface area contributed by atoms with Gasteiger partial charge in [-0.15, -0.1) is 0 Å². The summed E-state index contributed by atoms with van der Waals surface area (Å²) in [6.07, 6.45) is 0. The van der Waals surface area contributed by atoms with Gasteiger partial charge < -0.3 is 10.0 Å². The molecule has 0 unspecified atom stereocenters. The molecule has 2 rings (SSSR count). The number of halogens is 1. The molecular weight excluding hydrogens is 271 g/mol. The molecule has 0 atom stereocenters. The first-order chi connectivity index (χ1) is 10.0. The van der Waals surface area contributed by atoms with Crippen molar-refractivity contribution in [3.05, 3.63) is 65.0 Å². The highest BCUT2D eigenvalue weighted by Crippen LogP contribution is 2.18. The van der Waals surface area contributed by atoms with Crippen molar-refractivity contribution in [2.75, 3.05) is 11.9 Å². The molecule has 0 fully saturated rings. The van der Waals surface area contributed by atoms with Gasteiger partial charge in [-0.25, -0.2) is 9.18 Å². The Balaban J connectivity index is 2.19. The summed E-state index contributed by atoms with van der Waals surface area (Å²) >= 11 is 0. The molecule has 5 heteroatoms. The summed E-state index contributed by atoms with van der Waals surface area (Å²) < 4.78 is 13.6. The van der Waals surface area contributed by atoms with Gasteiger partial charge in [0.2, 0.25) is 0 Å². The van der Waals surface area contributed by atoms with Crippen LogP contribution in [-0.2, 0) is 6.54 Å². The number of carboxylic acids is 1. The van der Waals surface area contributed by atoms with Crippen molar-refractivity contribution in [2.24, 2.45) is 0 Å². The van der Waals surface area contributed by atoms with E-state index in [-0.39, 0.29) is 5.56 Å². The van der Waals surface area contributed by atoms with Gasteiger partial charge in [-0.2, -0.15) is 5.26 Å². The summed E-state index contributed by atoms with van der Waals surface area (Å²) in [5, 5.41) is 17.7. The number of hydrogen-bond donors (Lipinski definition) is 1. The van der Waals surface area contributed by atoms with Crippen LogP contribution < -0.4 is 4.90 Å². The fourth-order valence-corrected chi connectivity index (χ4v) is 2.01. The second kappa shape index (κ2) is 6.06. The van der Waals surface area contributed by atoms with Crippen molar-refractivity contribution in [3.63, 3.8) is 0 Å². The maximum atomic E-state index is 13.6. The maximum Gasteiger partial charge on any atom is 0.338 e. The number of carbonyl (C=O) groups is 1. The standard InChI is InChI=1S/C16H13FN2O2/c1-19(13-4-2-3-11(7-13)9-18)10-12-5-6-14(16(20)21)15(17)8-12/h2-8H,10H2,1H3,(H,20,21). The molecule has 0 aromatic heterocycles. The third-order valence-corrected chi connectivity index (χ3v) is 3.10. The average Bonchev–Trinajstić information content (AvgIpc) is 2.47. The smallest absolute Gasteiger partial charge is 0.338 e. The molecule has 106 valence electrons. The van der Waals surface area contributed by atoms with Gasteiger partial charge in [0, 0.05) is 19.3 Å². The van der Waals surface area contributed by atoms with Crippen LogP contribution in [0.2, 0.25) is 0 Å². The van der Waals surface area contributed by atoms with E-state index in [0.717, 1.165) is 5.69 Å². The molecule has 21 heavy (non-hydrogen) atoms. The zero-order valence-electron chi connectivity index (χ0n) is 11.4. The van der Waals surface area contributed by atoms with Gasteiger partial charge in [0.15, 0.2) is 0 Å². The maximum absolute atomic E-state index is 13.6. The summed E-state index contributed by atoms with van der Waals surface area (Å²) in [4.78, 5) is 12.6. The molecule has 0 radical (unpaired) electrons. The van der Waals surface area contributed by atoms with Crippen molar-refractivity contribution in [3.8, 4) is 6.07 Å². The van der Waals surface area contributed by atoms with Crippen LogP contribution in [0.4, 0.5) is 10.1 Å². The van der Waals surface area contributed by atoms with E-state index in [4.69, 9.17) is 10.4 Å². The predicted octanol–water partition coefficient (Wildman–Crippen LogP) is 3.03. The number of aromatic carboxylic acids is 1. The average molecular weight is 284 g/mol. The van der Waals surface area contributed by atoms with Crippen molar-refractivity contribution >= 4 is 11.7 Å². The number of nitrogens with zero attached hydrogens (tertiary/aromatic N) is 2. The second-order valence-electron chi connectivity index (χ2n) is 4.64. The Labute approximate surface area is 121 Å². The zero-order chi connectivity index (χ0) is 15.4. The zero-order valence-corrected chi connectivity index (χ0v) is 11.4. The van der Waals surface area contributed by atoms with Gasteiger partial charge in [-0.1, -0.05) is 12.1 Å². The Morgan fingerprint density at radius 3 is 2.71 bits per heavy atom. The van der Waals surface area contributed by atoms with E-state index in [9.17, 15) is 9.18 Å². The van der Waals surface area contributed by atoms with Gasteiger partial charge in [0.05, 0.1) is 17.2 Å². The second-order valence-corrected chi connectivity index (χ2v) is 4.64. The third-order valence-electron chi connectivity index (χ3n) is 3.10. The van der Waals surface area contributed by atoms with E-state index in [1.807, 2.05) is 18.0 Å². The lowest BCUT2D eigenvalue weighted by molar-refractivity contribution is 0.0692. The first-order valence-electron chi connectivity index (χ1n) is 6.24. The van der Waals surface area contributed by atoms with E-state index in [2.05, 4.69) is 6.07 Å². The third kappa shape index (κ3) is 3.37. The van der Waals surface area contributed by atoms with Crippen LogP contribution in [0.3, 0.4) is 0 Å². The van der Waals surface area contributed by atoms with Crippen molar-refractivity contribution < 1.29 is 14.3 Å². The monoisotopic (exact) mass is 284 g/mol.